The van der Waals surface area contributed by atoms with E-state index in [-0.39, 0.29) is 17.1 Å². The molecule has 3 aromatic rings. The zero-order valence-corrected chi connectivity index (χ0v) is 16.2. The Morgan fingerprint density at radius 1 is 1.11 bits per heavy atom. The van der Waals surface area contributed by atoms with E-state index in [0.29, 0.717) is 12.2 Å². The minimum atomic E-state index is -3.54. The number of thiazole rings is 1. The second-order valence-corrected chi connectivity index (χ2v) is 8.24. The lowest BCUT2D eigenvalue weighted by Gasteiger charge is -2.06. The molecule has 0 saturated carbocycles. The van der Waals surface area contributed by atoms with Gasteiger partial charge in [-0.3, -0.25) is 0 Å². The van der Waals surface area contributed by atoms with Gasteiger partial charge in [0.15, 0.2) is 0 Å². The third-order valence-electron chi connectivity index (χ3n) is 3.66. The highest BCUT2D eigenvalue weighted by molar-refractivity contribution is 7.89. The van der Waals surface area contributed by atoms with Gasteiger partial charge in [0.1, 0.15) is 11.6 Å². The molecule has 0 spiro atoms. The molecule has 0 radical (unpaired) electrons. The average molecular weight is 402 g/mol. The number of benzene rings is 2. The van der Waals surface area contributed by atoms with E-state index in [1.807, 2.05) is 35.7 Å². The van der Waals surface area contributed by atoms with Gasteiger partial charge in [-0.25, -0.2) is 22.9 Å². The Morgan fingerprint density at radius 3 is 2.48 bits per heavy atom. The average Bonchev–Trinajstić information content (AvgIpc) is 3.16. The van der Waals surface area contributed by atoms with Gasteiger partial charge >= 0.3 is 5.97 Å². The Bertz CT molecular complexity index is 1010. The van der Waals surface area contributed by atoms with Crippen LogP contribution in [0.15, 0.2) is 64.9 Å². The van der Waals surface area contributed by atoms with Crippen LogP contribution in [0.2, 0.25) is 0 Å². The number of rotatable bonds is 7. The minimum Gasteiger partial charge on any atom is -0.456 e. The van der Waals surface area contributed by atoms with Crippen LogP contribution < -0.4 is 4.72 Å². The van der Waals surface area contributed by atoms with Crippen LogP contribution in [0, 0.1) is 0 Å². The maximum Gasteiger partial charge on any atom is 0.338 e. The van der Waals surface area contributed by atoms with Gasteiger partial charge in [-0.05, 0) is 24.3 Å². The molecule has 0 unspecified atom stereocenters. The number of sulfonamides is 1. The number of nitrogens with zero attached hydrogens (tertiary/aromatic N) is 1. The summed E-state index contributed by atoms with van der Waals surface area (Å²) in [6.07, 6.45) is 0. The van der Waals surface area contributed by atoms with E-state index < -0.39 is 16.0 Å². The van der Waals surface area contributed by atoms with Gasteiger partial charge in [-0.1, -0.05) is 37.3 Å². The number of carbonyl (C=O) groups is 1. The lowest BCUT2D eigenvalue weighted by atomic mass is 10.2. The summed E-state index contributed by atoms with van der Waals surface area (Å²) in [5.41, 5.74) is 1.96. The molecule has 8 heteroatoms. The first kappa shape index (κ1) is 19.2. The summed E-state index contributed by atoms with van der Waals surface area (Å²) in [5.74, 6) is -0.531. The number of carbonyl (C=O) groups excluding carboxylic acids is 1. The molecule has 6 nitrogen and oxygen atoms in total. The number of hydrogen-bond donors (Lipinski definition) is 1. The standard InChI is InChI=1S/C19H18N2O4S2/c1-2-20-27(23,24)17-10-8-15(9-11-17)19(22)25-12-16-13-26-18(21-16)14-6-4-3-5-7-14/h3-11,13,20H,2,12H2,1H3. The number of nitrogens with one attached hydrogen (secondary N) is 1. The fourth-order valence-electron chi connectivity index (χ4n) is 2.35. The highest BCUT2D eigenvalue weighted by atomic mass is 32.2. The fraction of sp³-hybridized carbons (Fsp3) is 0.158. The molecule has 0 aliphatic heterocycles. The Kier molecular flexibility index (Phi) is 6.00. The molecule has 2 aromatic carbocycles. The molecular weight excluding hydrogens is 384 g/mol. The molecule has 0 saturated heterocycles. The molecule has 0 aliphatic carbocycles. The van der Waals surface area contributed by atoms with Crippen molar-refractivity contribution in [3.63, 3.8) is 0 Å². The van der Waals surface area contributed by atoms with Gasteiger partial charge < -0.3 is 4.74 Å². The van der Waals surface area contributed by atoms with Crippen LogP contribution in [0.5, 0.6) is 0 Å². The molecule has 27 heavy (non-hydrogen) atoms. The fourth-order valence-corrected chi connectivity index (χ4v) is 4.20. The van der Waals surface area contributed by atoms with Gasteiger partial charge in [-0.15, -0.1) is 11.3 Å². The maximum absolute atomic E-state index is 12.2. The summed E-state index contributed by atoms with van der Waals surface area (Å²) in [4.78, 5) is 16.7. The molecule has 0 amide bonds. The first-order valence-corrected chi connectivity index (χ1v) is 10.6. The Labute approximate surface area is 161 Å². The van der Waals surface area contributed by atoms with Crippen LogP contribution in [0.4, 0.5) is 0 Å². The second kappa shape index (κ2) is 8.43. The van der Waals surface area contributed by atoms with Crippen LogP contribution in [0.25, 0.3) is 10.6 Å². The maximum atomic E-state index is 12.2. The van der Waals surface area contributed by atoms with Crippen molar-refractivity contribution in [2.75, 3.05) is 6.54 Å². The van der Waals surface area contributed by atoms with Gasteiger partial charge in [-0.2, -0.15) is 0 Å². The molecule has 1 heterocycles. The van der Waals surface area contributed by atoms with Gasteiger partial charge in [0, 0.05) is 17.5 Å². The van der Waals surface area contributed by atoms with E-state index in [1.165, 1.54) is 35.6 Å². The van der Waals surface area contributed by atoms with E-state index in [1.54, 1.807) is 6.92 Å². The van der Waals surface area contributed by atoms with E-state index in [4.69, 9.17) is 4.74 Å². The molecule has 0 fully saturated rings. The van der Waals surface area contributed by atoms with Crippen LogP contribution in [0.1, 0.15) is 23.0 Å². The first-order valence-electron chi connectivity index (χ1n) is 8.26. The normalized spacial score (nSPS) is 11.3. The highest BCUT2D eigenvalue weighted by Gasteiger charge is 2.15. The van der Waals surface area contributed by atoms with Crippen LogP contribution in [0.3, 0.4) is 0 Å². The Hall–Kier alpha value is -2.55. The van der Waals surface area contributed by atoms with Gasteiger partial charge in [0.05, 0.1) is 16.2 Å². The lowest BCUT2D eigenvalue weighted by Crippen LogP contribution is -2.23. The van der Waals surface area contributed by atoms with E-state index in [0.717, 1.165) is 10.6 Å². The summed E-state index contributed by atoms with van der Waals surface area (Å²) in [6.45, 7) is 2.05. The molecule has 140 valence electrons. The molecular formula is C19H18N2O4S2. The largest absolute Gasteiger partial charge is 0.456 e. The van der Waals surface area contributed by atoms with Crippen LogP contribution in [-0.2, 0) is 21.4 Å². The third-order valence-corrected chi connectivity index (χ3v) is 6.16. The molecule has 0 bridgehead atoms. The molecule has 0 aliphatic rings. The molecule has 1 aromatic heterocycles. The van der Waals surface area contributed by atoms with Crippen molar-refractivity contribution in [2.45, 2.75) is 18.4 Å². The summed E-state index contributed by atoms with van der Waals surface area (Å²) in [5, 5.41) is 2.71. The summed E-state index contributed by atoms with van der Waals surface area (Å²) >= 11 is 1.48. The molecule has 1 N–H and O–H groups in total. The second-order valence-electron chi connectivity index (χ2n) is 5.61. The topological polar surface area (TPSA) is 85.4 Å². The highest BCUT2D eigenvalue weighted by Crippen LogP contribution is 2.23. The van der Waals surface area contributed by atoms with Crippen LogP contribution >= 0.6 is 11.3 Å². The number of esters is 1. The van der Waals surface area contributed by atoms with E-state index >= 15 is 0 Å². The van der Waals surface area contributed by atoms with Crippen molar-refractivity contribution in [1.82, 2.24) is 9.71 Å². The zero-order valence-electron chi connectivity index (χ0n) is 14.6. The SMILES string of the molecule is CCNS(=O)(=O)c1ccc(C(=O)OCc2csc(-c3ccccc3)n2)cc1. The third kappa shape index (κ3) is 4.79. The molecule has 3 rings (SSSR count). The number of ether oxygens (including phenoxy) is 1. The van der Waals surface area contributed by atoms with Gasteiger partial charge in [0.2, 0.25) is 10.0 Å². The predicted octanol–water partition coefficient (Wildman–Crippen LogP) is 3.47. The van der Waals surface area contributed by atoms with Crippen molar-refractivity contribution in [2.24, 2.45) is 0 Å². The zero-order chi connectivity index (χ0) is 19.3. The predicted molar refractivity (Wildman–Crippen MR) is 104 cm³/mol. The van der Waals surface area contributed by atoms with Crippen molar-refractivity contribution >= 4 is 27.3 Å². The quantitative estimate of drug-likeness (QED) is 0.612. The summed E-state index contributed by atoms with van der Waals surface area (Å²) in [7, 11) is -3.54. The smallest absolute Gasteiger partial charge is 0.338 e. The first-order chi connectivity index (χ1) is 13.0. The van der Waals surface area contributed by atoms with Crippen molar-refractivity contribution in [1.29, 1.82) is 0 Å². The Morgan fingerprint density at radius 2 is 1.81 bits per heavy atom. The summed E-state index contributed by atoms with van der Waals surface area (Å²) in [6, 6.07) is 15.4. The lowest BCUT2D eigenvalue weighted by molar-refractivity contribution is 0.0468. The Balaban J connectivity index is 1.62. The summed E-state index contributed by atoms with van der Waals surface area (Å²) < 4.78 is 31.5. The van der Waals surface area contributed by atoms with Crippen molar-refractivity contribution in [3.05, 3.63) is 71.2 Å². The van der Waals surface area contributed by atoms with E-state index in [9.17, 15) is 13.2 Å². The number of hydrogen-bond acceptors (Lipinski definition) is 6. The van der Waals surface area contributed by atoms with Crippen LogP contribution in [-0.4, -0.2) is 25.9 Å². The van der Waals surface area contributed by atoms with Gasteiger partial charge in [0.25, 0.3) is 0 Å². The molecule has 0 atom stereocenters. The van der Waals surface area contributed by atoms with Crippen molar-refractivity contribution < 1.29 is 17.9 Å². The minimum absolute atomic E-state index is 0.0552. The monoisotopic (exact) mass is 402 g/mol. The number of aromatic nitrogens is 1. The van der Waals surface area contributed by atoms with Crippen molar-refractivity contribution in [3.8, 4) is 10.6 Å². The van der Waals surface area contributed by atoms with E-state index in [2.05, 4.69) is 9.71 Å².